The molecule has 2 amide bonds. The second-order valence-corrected chi connectivity index (χ2v) is 7.95. The molecule has 3 rings (SSSR count). The molecule has 0 aliphatic heterocycles. The van der Waals surface area contributed by atoms with E-state index in [0.29, 0.717) is 11.6 Å². The lowest BCUT2D eigenvalue weighted by Crippen LogP contribution is -3.07. The molecular formula is C24H27ClN3O2+. The summed E-state index contributed by atoms with van der Waals surface area (Å²) in [6, 6.07) is 21.5. The van der Waals surface area contributed by atoms with Gasteiger partial charge in [0.15, 0.2) is 0 Å². The van der Waals surface area contributed by atoms with Crippen LogP contribution >= 0.6 is 11.6 Å². The first-order valence-electron chi connectivity index (χ1n) is 10.00. The first kappa shape index (κ1) is 21.8. The Hall–Kier alpha value is -2.89. The highest BCUT2D eigenvalue weighted by Crippen LogP contribution is 2.20. The summed E-state index contributed by atoms with van der Waals surface area (Å²) >= 11 is 6.32. The van der Waals surface area contributed by atoms with E-state index in [9.17, 15) is 9.59 Å². The molecule has 0 aliphatic rings. The zero-order chi connectivity index (χ0) is 21.5. The summed E-state index contributed by atoms with van der Waals surface area (Å²) in [4.78, 5) is 25.8. The highest BCUT2D eigenvalue weighted by Gasteiger charge is 2.21. The summed E-state index contributed by atoms with van der Waals surface area (Å²) in [7, 11) is 4.04. The van der Waals surface area contributed by atoms with Crippen molar-refractivity contribution < 1.29 is 14.5 Å². The third-order valence-corrected chi connectivity index (χ3v) is 5.50. The number of fused-ring (bicyclic) bond motifs is 1. The predicted octanol–water partition coefficient (Wildman–Crippen LogP) is 2.15. The van der Waals surface area contributed by atoms with Crippen molar-refractivity contribution >= 4 is 34.2 Å². The Balaban J connectivity index is 1.52. The second kappa shape index (κ2) is 10.2. The van der Waals surface area contributed by atoms with E-state index in [4.69, 9.17) is 11.6 Å². The first-order chi connectivity index (χ1) is 14.5. The van der Waals surface area contributed by atoms with Gasteiger partial charge in [-0.2, -0.15) is 0 Å². The Kier molecular flexibility index (Phi) is 7.44. The Morgan fingerprint density at radius 2 is 1.60 bits per heavy atom. The molecule has 1 atom stereocenters. The maximum Gasteiger partial charge on any atom is 0.239 e. The molecule has 5 nitrogen and oxygen atoms in total. The Morgan fingerprint density at radius 1 is 0.900 bits per heavy atom. The molecule has 6 heteroatoms. The van der Waals surface area contributed by atoms with E-state index in [0.717, 1.165) is 26.8 Å². The summed E-state index contributed by atoms with van der Waals surface area (Å²) in [6.07, 6.45) is 0.235. The van der Waals surface area contributed by atoms with Crippen molar-refractivity contribution in [1.29, 1.82) is 0 Å². The number of hydrogen-bond acceptors (Lipinski definition) is 2. The molecule has 0 saturated heterocycles. The highest BCUT2D eigenvalue weighted by atomic mass is 35.5. The minimum Gasteiger partial charge on any atom is -0.348 e. The summed E-state index contributed by atoms with van der Waals surface area (Å²) in [5.74, 6) is -0.401. The Labute approximate surface area is 182 Å². The van der Waals surface area contributed by atoms with Gasteiger partial charge in [-0.1, -0.05) is 72.3 Å². The third kappa shape index (κ3) is 5.59. The highest BCUT2D eigenvalue weighted by molar-refractivity contribution is 6.31. The monoisotopic (exact) mass is 424 g/mol. The molecule has 3 aromatic rings. The number of rotatable bonds is 8. The van der Waals surface area contributed by atoms with E-state index < -0.39 is 0 Å². The van der Waals surface area contributed by atoms with Gasteiger partial charge in [-0.25, -0.2) is 0 Å². The summed E-state index contributed by atoms with van der Waals surface area (Å²) in [5.41, 5.74) is 1.93. The molecule has 30 heavy (non-hydrogen) atoms. The zero-order valence-electron chi connectivity index (χ0n) is 17.2. The molecule has 156 valence electrons. The molecule has 0 unspecified atom stereocenters. The minimum atomic E-state index is -0.223. The summed E-state index contributed by atoms with van der Waals surface area (Å²) in [6.45, 7) is 0.381. The van der Waals surface area contributed by atoms with E-state index in [-0.39, 0.29) is 30.8 Å². The van der Waals surface area contributed by atoms with Gasteiger partial charge in [0, 0.05) is 10.6 Å². The van der Waals surface area contributed by atoms with Crippen LogP contribution in [0.15, 0.2) is 66.7 Å². The fourth-order valence-electron chi connectivity index (χ4n) is 3.52. The standard InChI is InChI=1S/C24H26ClN3O2/c1-28(2)22(20-12-5-6-13-21(20)25)15-26-24(30)16-27-23(29)14-18-10-7-9-17-8-3-4-11-19(17)18/h3-13,22H,14-16H2,1-2H3,(H,26,30)(H,27,29)/p+1/t22-/m0/s1. The molecule has 0 aromatic heterocycles. The van der Waals surface area contributed by atoms with Crippen molar-refractivity contribution in [2.45, 2.75) is 12.5 Å². The van der Waals surface area contributed by atoms with Crippen LogP contribution in [0.25, 0.3) is 10.8 Å². The van der Waals surface area contributed by atoms with Gasteiger partial charge in [0.1, 0.15) is 6.04 Å². The van der Waals surface area contributed by atoms with Gasteiger partial charge in [0.2, 0.25) is 11.8 Å². The van der Waals surface area contributed by atoms with E-state index in [1.807, 2.05) is 80.8 Å². The number of likely N-dealkylation sites (N-methyl/N-ethyl adjacent to an activating group) is 1. The average molecular weight is 425 g/mol. The molecule has 0 aliphatic carbocycles. The number of amides is 2. The normalized spacial score (nSPS) is 12.0. The smallest absolute Gasteiger partial charge is 0.239 e. The van der Waals surface area contributed by atoms with Crippen molar-refractivity contribution in [2.75, 3.05) is 27.2 Å². The number of nitrogens with one attached hydrogen (secondary N) is 3. The van der Waals surface area contributed by atoms with Gasteiger partial charge in [-0.15, -0.1) is 0 Å². The van der Waals surface area contributed by atoms with Crippen LogP contribution in [0.2, 0.25) is 5.02 Å². The third-order valence-electron chi connectivity index (χ3n) is 5.16. The van der Waals surface area contributed by atoms with Gasteiger partial charge >= 0.3 is 0 Å². The van der Waals surface area contributed by atoms with E-state index in [1.54, 1.807) is 0 Å². The largest absolute Gasteiger partial charge is 0.348 e. The molecule has 0 saturated carbocycles. The maximum atomic E-state index is 12.4. The summed E-state index contributed by atoms with van der Waals surface area (Å²) in [5, 5.41) is 8.45. The van der Waals surface area contributed by atoms with E-state index in [1.165, 1.54) is 0 Å². The maximum absolute atomic E-state index is 12.4. The fraction of sp³-hybridized carbons (Fsp3) is 0.250. The van der Waals surface area contributed by atoms with Gasteiger partial charge in [-0.05, 0) is 22.4 Å². The predicted molar refractivity (Wildman–Crippen MR) is 121 cm³/mol. The van der Waals surface area contributed by atoms with Crippen LogP contribution in [0.4, 0.5) is 0 Å². The fourth-order valence-corrected chi connectivity index (χ4v) is 3.79. The molecule has 0 bridgehead atoms. The first-order valence-corrected chi connectivity index (χ1v) is 10.4. The van der Waals surface area contributed by atoms with Crippen molar-refractivity contribution in [3.63, 3.8) is 0 Å². The number of carbonyl (C=O) groups excluding carboxylic acids is 2. The Morgan fingerprint density at radius 3 is 2.37 bits per heavy atom. The number of hydrogen-bond donors (Lipinski definition) is 3. The van der Waals surface area contributed by atoms with Crippen LogP contribution in [0, 0.1) is 0 Å². The van der Waals surface area contributed by atoms with Crippen LogP contribution in [0.1, 0.15) is 17.2 Å². The number of halogens is 1. The lowest BCUT2D eigenvalue weighted by Gasteiger charge is -2.23. The minimum absolute atomic E-state index is 0.0223. The van der Waals surface area contributed by atoms with Crippen LogP contribution in [0.5, 0.6) is 0 Å². The molecule has 0 fully saturated rings. The molecular weight excluding hydrogens is 398 g/mol. The van der Waals surface area contributed by atoms with Crippen LogP contribution in [-0.4, -0.2) is 39.0 Å². The number of quaternary nitrogens is 1. The second-order valence-electron chi connectivity index (χ2n) is 7.55. The zero-order valence-corrected chi connectivity index (χ0v) is 18.0. The summed E-state index contributed by atoms with van der Waals surface area (Å²) < 4.78 is 0. The van der Waals surface area contributed by atoms with Gasteiger partial charge in [0.05, 0.1) is 33.6 Å². The quantitative estimate of drug-likeness (QED) is 0.519. The van der Waals surface area contributed by atoms with Gasteiger partial charge in [-0.3, -0.25) is 9.59 Å². The number of benzene rings is 3. The molecule has 0 spiro atoms. The van der Waals surface area contributed by atoms with Crippen LogP contribution in [-0.2, 0) is 16.0 Å². The van der Waals surface area contributed by atoms with Crippen LogP contribution < -0.4 is 15.5 Å². The van der Waals surface area contributed by atoms with Crippen molar-refractivity contribution in [2.24, 2.45) is 0 Å². The molecule has 3 aromatic carbocycles. The van der Waals surface area contributed by atoms with E-state index in [2.05, 4.69) is 10.6 Å². The van der Waals surface area contributed by atoms with Crippen molar-refractivity contribution in [1.82, 2.24) is 10.6 Å². The van der Waals surface area contributed by atoms with Crippen LogP contribution in [0.3, 0.4) is 0 Å². The van der Waals surface area contributed by atoms with E-state index >= 15 is 0 Å². The lowest BCUT2D eigenvalue weighted by molar-refractivity contribution is -0.890. The lowest BCUT2D eigenvalue weighted by atomic mass is 10.0. The molecule has 0 heterocycles. The number of carbonyl (C=O) groups is 2. The Bertz CT molecular complexity index is 1030. The van der Waals surface area contributed by atoms with Gasteiger partial charge < -0.3 is 15.5 Å². The van der Waals surface area contributed by atoms with Gasteiger partial charge in [0.25, 0.3) is 0 Å². The van der Waals surface area contributed by atoms with Crippen molar-refractivity contribution in [3.8, 4) is 0 Å². The average Bonchev–Trinajstić information content (AvgIpc) is 2.74. The topological polar surface area (TPSA) is 62.6 Å². The van der Waals surface area contributed by atoms with Crippen molar-refractivity contribution in [3.05, 3.63) is 82.9 Å². The molecule has 3 N–H and O–H groups in total. The molecule has 0 radical (unpaired) electrons. The SMILES string of the molecule is C[NH+](C)[C@@H](CNC(=O)CNC(=O)Cc1cccc2ccccc12)c1ccccc1Cl.